The molecule has 4 rings (SSSR count). The number of fused-ring (bicyclic) bond motifs is 1. The van der Waals surface area contributed by atoms with Crippen molar-refractivity contribution < 1.29 is 67.0 Å². The number of ether oxygens (including phenoxy) is 1. The van der Waals surface area contributed by atoms with Crippen LogP contribution in [0, 0.1) is 5.92 Å². The van der Waals surface area contributed by atoms with E-state index >= 15 is 0 Å². The van der Waals surface area contributed by atoms with Gasteiger partial charge in [0.15, 0.2) is 0 Å². The van der Waals surface area contributed by atoms with Crippen LogP contribution in [0.2, 0.25) is 0 Å². The van der Waals surface area contributed by atoms with E-state index in [1.165, 1.54) is 0 Å². The van der Waals surface area contributed by atoms with Crippen molar-refractivity contribution in [3.63, 3.8) is 0 Å². The molecule has 0 aromatic heterocycles. The van der Waals surface area contributed by atoms with Crippen molar-refractivity contribution in [3.05, 3.63) is 64.2 Å². The van der Waals surface area contributed by atoms with Gasteiger partial charge in [0, 0.05) is 18.3 Å². The van der Waals surface area contributed by atoms with Crippen LogP contribution in [-0.4, -0.2) is 36.2 Å². The Morgan fingerprint density at radius 2 is 1.35 bits per heavy atom. The molecule has 2 amide bonds. The average Bonchev–Trinajstić information content (AvgIpc) is 3.73. The summed E-state index contributed by atoms with van der Waals surface area (Å²) in [5, 5.41) is 0. The predicted octanol–water partition coefficient (Wildman–Crippen LogP) is 8.13. The van der Waals surface area contributed by atoms with Gasteiger partial charge >= 0.3 is 36.7 Å². The second-order valence-corrected chi connectivity index (χ2v) is 10.1. The lowest BCUT2D eigenvalue weighted by Gasteiger charge is -2.44. The molecular weight excluding hydrogens is 616 g/mol. The van der Waals surface area contributed by atoms with Crippen molar-refractivity contribution in [2.45, 2.75) is 62.6 Å². The van der Waals surface area contributed by atoms with Gasteiger partial charge in [0.1, 0.15) is 0 Å². The largest absolute Gasteiger partial charge is 0.471 e. The zero-order valence-electron chi connectivity index (χ0n) is 21.7. The lowest BCUT2D eigenvalue weighted by atomic mass is 9.86. The highest BCUT2D eigenvalue weighted by Gasteiger charge is 2.53. The smallest absolute Gasteiger partial charge is 0.453 e. The molecule has 0 spiro atoms. The summed E-state index contributed by atoms with van der Waals surface area (Å²) in [5.41, 5.74) is -6.86. The quantitative estimate of drug-likeness (QED) is 0.319. The molecule has 2 aliphatic rings. The van der Waals surface area contributed by atoms with Crippen molar-refractivity contribution in [3.8, 4) is 0 Å². The molecule has 0 bridgehead atoms. The third kappa shape index (κ3) is 6.79. The Bertz CT molecular complexity index is 1360. The Labute approximate surface area is 235 Å². The van der Waals surface area contributed by atoms with Crippen molar-refractivity contribution in [1.82, 2.24) is 4.90 Å². The first-order valence-corrected chi connectivity index (χ1v) is 12.4. The third-order valence-corrected chi connectivity index (χ3v) is 7.18. The molecule has 2 aromatic rings. The van der Waals surface area contributed by atoms with E-state index in [2.05, 4.69) is 4.74 Å². The molecule has 1 saturated carbocycles. The van der Waals surface area contributed by atoms with Crippen molar-refractivity contribution in [2.24, 2.45) is 5.92 Å². The molecule has 2 unspecified atom stereocenters. The number of carbonyl (C=O) groups is 2. The van der Waals surface area contributed by atoms with Gasteiger partial charge in [-0.05, 0) is 72.7 Å². The summed E-state index contributed by atoms with van der Waals surface area (Å²) in [6.45, 7) is -1.06. The van der Waals surface area contributed by atoms with Crippen LogP contribution in [0.1, 0.15) is 53.1 Å². The number of rotatable bonds is 4. The number of anilines is 1. The van der Waals surface area contributed by atoms with Gasteiger partial charge in [-0.25, -0.2) is 4.79 Å². The average molecular weight is 636 g/mol. The Balaban J connectivity index is 1.91. The fourth-order valence-electron chi connectivity index (χ4n) is 5.16. The van der Waals surface area contributed by atoms with Crippen molar-refractivity contribution >= 4 is 17.7 Å². The number of hydrogen-bond acceptors (Lipinski definition) is 3. The molecule has 0 N–H and O–H groups in total. The van der Waals surface area contributed by atoms with Crippen LogP contribution in [0.5, 0.6) is 0 Å². The van der Waals surface area contributed by atoms with Gasteiger partial charge in [-0.2, -0.15) is 52.7 Å². The molecule has 1 heterocycles. The summed E-state index contributed by atoms with van der Waals surface area (Å²) in [6, 6.07) is -1.08. The maximum atomic E-state index is 13.7. The van der Waals surface area contributed by atoms with Gasteiger partial charge in [-0.1, -0.05) is 0 Å². The molecule has 1 fully saturated rings. The maximum absolute atomic E-state index is 13.7. The predicted molar refractivity (Wildman–Crippen MR) is 123 cm³/mol. The van der Waals surface area contributed by atoms with Crippen molar-refractivity contribution in [2.75, 3.05) is 12.0 Å². The highest BCUT2D eigenvalue weighted by atomic mass is 19.4. The molecule has 17 heteroatoms. The van der Waals surface area contributed by atoms with Crippen LogP contribution < -0.4 is 4.90 Å². The highest BCUT2D eigenvalue weighted by Crippen LogP contribution is 2.50. The van der Waals surface area contributed by atoms with E-state index in [1.54, 1.807) is 0 Å². The number of halogens is 12. The number of amides is 2. The summed E-state index contributed by atoms with van der Waals surface area (Å²) >= 11 is 0. The van der Waals surface area contributed by atoms with E-state index in [-0.39, 0.29) is 6.07 Å². The Hall–Kier alpha value is -3.66. The molecule has 0 radical (unpaired) electrons. The van der Waals surface area contributed by atoms with Gasteiger partial charge in [0.2, 0.25) is 0 Å². The van der Waals surface area contributed by atoms with E-state index < -0.39 is 101 Å². The Morgan fingerprint density at radius 1 is 0.814 bits per heavy atom. The maximum Gasteiger partial charge on any atom is 0.471 e. The fourth-order valence-corrected chi connectivity index (χ4v) is 5.16. The van der Waals surface area contributed by atoms with Crippen molar-refractivity contribution in [1.29, 1.82) is 0 Å². The summed E-state index contributed by atoms with van der Waals surface area (Å²) < 4.78 is 167. The van der Waals surface area contributed by atoms with Crippen LogP contribution in [-0.2, 0) is 34.6 Å². The van der Waals surface area contributed by atoms with Crippen LogP contribution in [0.3, 0.4) is 0 Å². The highest BCUT2D eigenvalue weighted by molar-refractivity contribution is 5.99. The second kappa shape index (κ2) is 10.8. The van der Waals surface area contributed by atoms with Crippen LogP contribution >= 0.6 is 0 Å². The number of methoxy groups -OCH3 is 1. The molecule has 1 aliphatic carbocycles. The summed E-state index contributed by atoms with van der Waals surface area (Å²) in [5.74, 6) is -2.96. The number of nitrogens with zero attached hydrogens (tertiary/aromatic N) is 2. The monoisotopic (exact) mass is 636 g/mol. The number of hydrogen-bond donors (Lipinski definition) is 0. The Kier molecular flexibility index (Phi) is 8.11. The van der Waals surface area contributed by atoms with Crippen LogP contribution in [0.15, 0.2) is 36.4 Å². The van der Waals surface area contributed by atoms with Gasteiger partial charge in [-0.15, -0.1) is 0 Å². The summed E-state index contributed by atoms with van der Waals surface area (Å²) in [6.07, 6.45) is -22.4. The van der Waals surface area contributed by atoms with E-state index in [0.717, 1.165) is 7.11 Å². The molecule has 2 aromatic carbocycles. The molecular formula is C26H20F12N2O3. The van der Waals surface area contributed by atoms with E-state index in [0.29, 0.717) is 53.0 Å². The summed E-state index contributed by atoms with van der Waals surface area (Å²) in [7, 11) is 0.788. The van der Waals surface area contributed by atoms with Gasteiger partial charge < -0.3 is 9.64 Å². The van der Waals surface area contributed by atoms with Crippen LogP contribution in [0.25, 0.3) is 0 Å². The second-order valence-electron chi connectivity index (χ2n) is 10.1. The minimum atomic E-state index is -5.45. The number of carbonyl (C=O) groups excluding carboxylic acids is 2. The van der Waals surface area contributed by atoms with E-state index in [4.69, 9.17) is 0 Å². The van der Waals surface area contributed by atoms with Gasteiger partial charge in [0.05, 0.1) is 29.8 Å². The fraction of sp³-hybridized carbons (Fsp3) is 0.462. The number of benzene rings is 2. The molecule has 0 saturated heterocycles. The standard InChI is InChI=1S/C26H20F12N2O3/c1-43-22(42)39(11-12-6-15(24(30,31)32)8-16(7-12)25(33,34)35)20-10-19(13-2-3-13)40(21(41)26(36,37)38)18-5-4-14(9-17(18)20)23(27,28)29/h4-9,13,19-20H,2-3,10-11H2,1H3. The molecule has 236 valence electrons. The zero-order valence-corrected chi connectivity index (χ0v) is 21.7. The lowest BCUT2D eigenvalue weighted by molar-refractivity contribution is -0.171. The SMILES string of the molecule is COC(=O)N(Cc1cc(C(F)(F)F)cc(C(F)(F)F)c1)C1CC(C2CC2)N(C(=O)C(F)(F)F)c2ccc(C(F)(F)F)cc21. The minimum absolute atomic E-state index is 0.165. The third-order valence-electron chi connectivity index (χ3n) is 7.18. The zero-order chi connectivity index (χ0) is 32.3. The topological polar surface area (TPSA) is 49.9 Å². The molecule has 1 aliphatic heterocycles. The molecule has 43 heavy (non-hydrogen) atoms. The van der Waals surface area contributed by atoms with E-state index in [9.17, 15) is 62.3 Å². The van der Waals surface area contributed by atoms with Gasteiger partial charge in [-0.3, -0.25) is 9.69 Å². The molecule has 5 nitrogen and oxygen atoms in total. The first-order chi connectivity index (χ1) is 19.6. The first-order valence-electron chi connectivity index (χ1n) is 12.4. The van der Waals surface area contributed by atoms with E-state index in [1.807, 2.05) is 0 Å². The molecule has 2 atom stereocenters. The number of alkyl halides is 12. The Morgan fingerprint density at radius 3 is 1.79 bits per heavy atom. The first kappa shape index (κ1) is 32.3. The van der Waals surface area contributed by atoms with Gasteiger partial charge in [0.25, 0.3) is 0 Å². The lowest BCUT2D eigenvalue weighted by Crippen LogP contribution is -2.53. The minimum Gasteiger partial charge on any atom is -0.453 e. The summed E-state index contributed by atoms with van der Waals surface area (Å²) in [4.78, 5) is 26.2. The normalized spacial score (nSPS) is 19.6. The van der Waals surface area contributed by atoms with Crippen LogP contribution in [0.4, 0.5) is 63.2 Å².